The van der Waals surface area contributed by atoms with Gasteiger partial charge in [-0.1, -0.05) is 25.7 Å². The number of likely N-dealkylation sites (tertiary alicyclic amines) is 1. The molecule has 3 heteroatoms. The minimum atomic E-state index is 0.298. The summed E-state index contributed by atoms with van der Waals surface area (Å²) in [5.74, 6) is 1.30. The van der Waals surface area contributed by atoms with Crippen LogP contribution < -0.4 is 0 Å². The Hall–Kier alpha value is -0.240. The van der Waals surface area contributed by atoms with Crippen molar-refractivity contribution in [2.45, 2.75) is 57.4 Å². The minimum absolute atomic E-state index is 0.298. The Bertz CT molecular complexity index is 236. The van der Waals surface area contributed by atoms with Gasteiger partial charge in [0, 0.05) is 24.4 Å². The molecule has 2 rings (SSSR count). The number of hydrogen-bond acceptors (Lipinski definition) is 1. The molecule has 1 saturated heterocycles. The average molecular weight is 244 g/mol. The molecule has 0 aromatic carbocycles. The zero-order valence-corrected chi connectivity index (χ0v) is 10.7. The lowest BCUT2D eigenvalue weighted by Crippen LogP contribution is -2.40. The highest BCUT2D eigenvalue weighted by molar-refractivity contribution is 6.18. The fourth-order valence-corrected chi connectivity index (χ4v) is 3.37. The molecule has 1 aliphatic heterocycles. The molecule has 2 fully saturated rings. The van der Waals surface area contributed by atoms with Crippen LogP contribution in [0.5, 0.6) is 0 Å². The molecule has 2 nitrogen and oxygen atoms in total. The van der Waals surface area contributed by atoms with E-state index in [9.17, 15) is 4.79 Å². The first-order chi connectivity index (χ1) is 7.83. The van der Waals surface area contributed by atoms with E-state index in [2.05, 4.69) is 4.90 Å². The lowest BCUT2D eigenvalue weighted by Gasteiger charge is -2.27. The van der Waals surface area contributed by atoms with E-state index in [1.54, 1.807) is 0 Å². The summed E-state index contributed by atoms with van der Waals surface area (Å²) in [5.41, 5.74) is 0. The first-order valence-corrected chi connectivity index (χ1v) is 7.23. The standard InChI is InChI=1S/C13H22ClNO/c14-10-12-8-5-9-15(12)13(16)11-6-3-1-2-4-7-11/h11-12H,1-10H2. The normalized spacial score (nSPS) is 28.1. The van der Waals surface area contributed by atoms with Gasteiger partial charge in [0.2, 0.25) is 5.91 Å². The number of nitrogens with zero attached hydrogens (tertiary/aromatic N) is 1. The summed E-state index contributed by atoms with van der Waals surface area (Å²) in [5, 5.41) is 0. The molecule has 0 aromatic rings. The molecule has 1 aliphatic carbocycles. The topological polar surface area (TPSA) is 20.3 Å². The number of carbonyl (C=O) groups is 1. The summed E-state index contributed by atoms with van der Waals surface area (Å²) in [6, 6.07) is 0.317. The summed E-state index contributed by atoms with van der Waals surface area (Å²) in [4.78, 5) is 14.4. The summed E-state index contributed by atoms with van der Waals surface area (Å²) in [6.07, 6.45) is 9.52. The predicted molar refractivity (Wildman–Crippen MR) is 66.6 cm³/mol. The van der Waals surface area contributed by atoms with E-state index in [1.807, 2.05) is 0 Å². The summed E-state index contributed by atoms with van der Waals surface area (Å²) < 4.78 is 0. The fraction of sp³-hybridized carbons (Fsp3) is 0.923. The molecule has 16 heavy (non-hydrogen) atoms. The Kier molecular flexibility index (Phi) is 4.51. The number of carbonyl (C=O) groups excluding carboxylic acids is 1. The molecule has 0 bridgehead atoms. The van der Waals surface area contributed by atoms with Crippen LogP contribution in [-0.2, 0) is 4.79 Å². The van der Waals surface area contributed by atoms with Crippen molar-refractivity contribution >= 4 is 17.5 Å². The lowest BCUT2D eigenvalue weighted by molar-refractivity contribution is -0.136. The second-order valence-corrected chi connectivity index (χ2v) is 5.48. The number of hydrogen-bond donors (Lipinski definition) is 0. The van der Waals surface area contributed by atoms with E-state index < -0.39 is 0 Å². The van der Waals surface area contributed by atoms with Crippen molar-refractivity contribution in [2.75, 3.05) is 12.4 Å². The fourth-order valence-electron chi connectivity index (χ4n) is 3.05. The molecule has 1 amide bonds. The molecule has 1 heterocycles. The third kappa shape index (κ3) is 2.71. The second-order valence-electron chi connectivity index (χ2n) is 5.17. The molecule has 0 N–H and O–H groups in total. The van der Waals surface area contributed by atoms with E-state index in [1.165, 1.54) is 25.7 Å². The summed E-state index contributed by atoms with van der Waals surface area (Å²) in [7, 11) is 0. The predicted octanol–water partition coefficient (Wildman–Crippen LogP) is 3.19. The Balaban J connectivity index is 1.94. The number of rotatable bonds is 2. The maximum Gasteiger partial charge on any atom is 0.225 e. The minimum Gasteiger partial charge on any atom is -0.338 e. The van der Waals surface area contributed by atoms with Crippen LogP contribution in [0.1, 0.15) is 51.4 Å². The first kappa shape index (κ1) is 12.2. The molecular formula is C13H22ClNO. The summed E-state index contributed by atoms with van der Waals surface area (Å²) in [6.45, 7) is 0.937. The van der Waals surface area contributed by atoms with Crippen LogP contribution in [0.3, 0.4) is 0 Å². The molecule has 0 aromatic heterocycles. The van der Waals surface area contributed by atoms with E-state index >= 15 is 0 Å². The smallest absolute Gasteiger partial charge is 0.225 e. The van der Waals surface area contributed by atoms with Crippen LogP contribution in [0.15, 0.2) is 0 Å². The quantitative estimate of drug-likeness (QED) is 0.539. The van der Waals surface area contributed by atoms with Gasteiger partial charge < -0.3 is 4.90 Å². The highest BCUT2D eigenvalue weighted by Gasteiger charge is 2.32. The number of alkyl halides is 1. The van der Waals surface area contributed by atoms with Gasteiger partial charge in [-0.25, -0.2) is 0 Å². The maximum atomic E-state index is 12.4. The van der Waals surface area contributed by atoms with Crippen LogP contribution in [0.25, 0.3) is 0 Å². The molecule has 1 saturated carbocycles. The largest absolute Gasteiger partial charge is 0.338 e. The van der Waals surface area contributed by atoms with Crippen molar-refractivity contribution < 1.29 is 4.79 Å². The third-order valence-corrected chi connectivity index (χ3v) is 4.40. The van der Waals surface area contributed by atoms with Gasteiger partial charge in [-0.15, -0.1) is 11.6 Å². The Morgan fingerprint density at radius 3 is 2.38 bits per heavy atom. The second kappa shape index (κ2) is 5.90. The SMILES string of the molecule is O=C(C1CCCCCC1)N1CCCC1CCl. The van der Waals surface area contributed by atoms with Gasteiger partial charge in [0.15, 0.2) is 0 Å². The van der Waals surface area contributed by atoms with Crippen molar-refractivity contribution in [3.63, 3.8) is 0 Å². The molecule has 2 aliphatic rings. The maximum absolute atomic E-state index is 12.4. The van der Waals surface area contributed by atoms with Crippen LogP contribution in [0, 0.1) is 5.92 Å². The van der Waals surface area contributed by atoms with E-state index in [0.29, 0.717) is 23.7 Å². The van der Waals surface area contributed by atoms with Gasteiger partial charge in [0.25, 0.3) is 0 Å². The number of amides is 1. The molecule has 1 unspecified atom stereocenters. The number of halogens is 1. The average Bonchev–Trinajstić information content (AvgIpc) is 2.61. The molecule has 0 radical (unpaired) electrons. The van der Waals surface area contributed by atoms with Crippen LogP contribution >= 0.6 is 11.6 Å². The van der Waals surface area contributed by atoms with Gasteiger partial charge in [-0.05, 0) is 25.7 Å². The van der Waals surface area contributed by atoms with E-state index in [0.717, 1.165) is 32.2 Å². The van der Waals surface area contributed by atoms with Gasteiger partial charge in [-0.3, -0.25) is 4.79 Å². The zero-order chi connectivity index (χ0) is 11.4. The van der Waals surface area contributed by atoms with Crippen molar-refractivity contribution in [2.24, 2.45) is 5.92 Å². The summed E-state index contributed by atoms with van der Waals surface area (Å²) >= 11 is 5.92. The van der Waals surface area contributed by atoms with Crippen molar-refractivity contribution in [1.82, 2.24) is 4.90 Å². The zero-order valence-electron chi connectivity index (χ0n) is 9.96. The van der Waals surface area contributed by atoms with Crippen molar-refractivity contribution in [1.29, 1.82) is 0 Å². The Morgan fingerprint density at radius 2 is 1.75 bits per heavy atom. The third-order valence-electron chi connectivity index (χ3n) is 4.04. The highest BCUT2D eigenvalue weighted by Crippen LogP contribution is 2.28. The monoisotopic (exact) mass is 243 g/mol. The van der Waals surface area contributed by atoms with Crippen molar-refractivity contribution in [3.05, 3.63) is 0 Å². The molecule has 0 spiro atoms. The molecule has 1 atom stereocenters. The van der Waals surface area contributed by atoms with Gasteiger partial charge in [0.05, 0.1) is 0 Å². The van der Waals surface area contributed by atoms with Crippen LogP contribution in [-0.4, -0.2) is 29.3 Å². The van der Waals surface area contributed by atoms with Crippen LogP contribution in [0.2, 0.25) is 0 Å². The highest BCUT2D eigenvalue weighted by atomic mass is 35.5. The Labute approximate surface area is 103 Å². The molecular weight excluding hydrogens is 222 g/mol. The van der Waals surface area contributed by atoms with Crippen LogP contribution in [0.4, 0.5) is 0 Å². The van der Waals surface area contributed by atoms with E-state index in [-0.39, 0.29) is 0 Å². The van der Waals surface area contributed by atoms with Gasteiger partial charge >= 0.3 is 0 Å². The van der Waals surface area contributed by atoms with Gasteiger partial charge in [-0.2, -0.15) is 0 Å². The lowest BCUT2D eigenvalue weighted by atomic mass is 9.98. The Morgan fingerprint density at radius 1 is 1.06 bits per heavy atom. The molecule has 92 valence electrons. The first-order valence-electron chi connectivity index (χ1n) is 6.69. The van der Waals surface area contributed by atoms with E-state index in [4.69, 9.17) is 11.6 Å². The van der Waals surface area contributed by atoms with Crippen molar-refractivity contribution in [3.8, 4) is 0 Å². The van der Waals surface area contributed by atoms with Gasteiger partial charge in [0.1, 0.15) is 0 Å².